The summed E-state index contributed by atoms with van der Waals surface area (Å²) in [6.07, 6.45) is 2.60. The van der Waals surface area contributed by atoms with Gasteiger partial charge in [0.15, 0.2) is 11.4 Å². The molecule has 0 aliphatic carbocycles. The van der Waals surface area contributed by atoms with Crippen LogP contribution in [0.3, 0.4) is 0 Å². The molecule has 8 heteroatoms. The van der Waals surface area contributed by atoms with Gasteiger partial charge in [-0.05, 0) is 12.8 Å². The number of amides is 2. The predicted octanol–water partition coefficient (Wildman–Crippen LogP) is 0.486. The first kappa shape index (κ1) is 16.7. The fourth-order valence-corrected chi connectivity index (χ4v) is 1.79. The van der Waals surface area contributed by atoms with Crippen LogP contribution in [0, 0.1) is 0 Å². The Labute approximate surface area is 122 Å². The van der Waals surface area contributed by atoms with Crippen LogP contribution in [0.15, 0.2) is 6.33 Å². The molecule has 0 unspecified atom stereocenters. The first-order chi connectivity index (χ1) is 10.0. The van der Waals surface area contributed by atoms with Crippen molar-refractivity contribution in [3.63, 3.8) is 0 Å². The van der Waals surface area contributed by atoms with E-state index in [1.54, 1.807) is 0 Å². The van der Waals surface area contributed by atoms with E-state index in [4.69, 9.17) is 5.11 Å². The Hall–Kier alpha value is -2.38. The molecule has 0 atom stereocenters. The van der Waals surface area contributed by atoms with Gasteiger partial charge in [0.2, 0.25) is 5.91 Å². The number of aromatic carboxylic acids is 1. The van der Waals surface area contributed by atoms with E-state index in [0.29, 0.717) is 19.5 Å². The molecule has 1 aromatic rings. The molecule has 0 saturated carbocycles. The minimum atomic E-state index is -1.26. The first-order valence-corrected chi connectivity index (χ1v) is 6.83. The van der Waals surface area contributed by atoms with Crippen molar-refractivity contribution < 1.29 is 19.5 Å². The Bertz CT molecular complexity index is 512. The number of H-pyrrole nitrogens is 1. The van der Waals surface area contributed by atoms with Gasteiger partial charge >= 0.3 is 5.97 Å². The molecule has 2 amide bonds. The molecule has 0 aliphatic rings. The van der Waals surface area contributed by atoms with Gasteiger partial charge in [-0.3, -0.25) is 9.59 Å². The molecule has 0 bridgehead atoms. The zero-order chi connectivity index (χ0) is 15.8. The molecule has 0 spiro atoms. The summed E-state index contributed by atoms with van der Waals surface area (Å²) in [5.74, 6) is -2.10. The molecular weight excluding hydrogens is 276 g/mol. The van der Waals surface area contributed by atoms with Gasteiger partial charge in [0.05, 0.1) is 12.9 Å². The average molecular weight is 296 g/mol. The second-order valence-electron chi connectivity index (χ2n) is 4.51. The summed E-state index contributed by atoms with van der Waals surface area (Å²) < 4.78 is 0. The Morgan fingerprint density at radius 3 is 2.62 bits per heavy atom. The van der Waals surface area contributed by atoms with Crippen molar-refractivity contribution >= 4 is 17.8 Å². The molecule has 8 nitrogen and oxygen atoms in total. The zero-order valence-corrected chi connectivity index (χ0v) is 12.2. The summed E-state index contributed by atoms with van der Waals surface area (Å²) in [4.78, 5) is 42.5. The van der Waals surface area contributed by atoms with Crippen LogP contribution < -0.4 is 5.32 Å². The Balaban J connectivity index is 2.84. The van der Waals surface area contributed by atoms with E-state index in [9.17, 15) is 14.4 Å². The number of rotatable bonds is 8. The molecule has 0 saturated heterocycles. The van der Waals surface area contributed by atoms with Crippen molar-refractivity contribution in [1.82, 2.24) is 20.2 Å². The van der Waals surface area contributed by atoms with Crippen molar-refractivity contribution in [3.8, 4) is 0 Å². The number of aromatic amines is 1. The molecule has 1 rings (SSSR count). The number of hydrogen-bond donors (Lipinski definition) is 3. The maximum atomic E-state index is 12.3. The lowest BCUT2D eigenvalue weighted by atomic mass is 10.2. The van der Waals surface area contributed by atoms with Crippen molar-refractivity contribution in [2.45, 2.75) is 26.7 Å². The number of carboxylic acid groups (broad SMARTS) is 1. The molecule has 0 fully saturated rings. The monoisotopic (exact) mass is 296 g/mol. The highest BCUT2D eigenvalue weighted by Gasteiger charge is 2.25. The van der Waals surface area contributed by atoms with E-state index in [1.165, 1.54) is 4.90 Å². The van der Waals surface area contributed by atoms with E-state index in [2.05, 4.69) is 15.3 Å². The first-order valence-electron chi connectivity index (χ1n) is 6.83. The Morgan fingerprint density at radius 1 is 1.33 bits per heavy atom. The molecule has 21 heavy (non-hydrogen) atoms. The second-order valence-corrected chi connectivity index (χ2v) is 4.51. The van der Waals surface area contributed by atoms with Crippen molar-refractivity contribution in [2.75, 3.05) is 19.6 Å². The minimum absolute atomic E-state index is 0.113. The van der Waals surface area contributed by atoms with Crippen molar-refractivity contribution in [3.05, 3.63) is 17.7 Å². The lowest BCUT2D eigenvalue weighted by Crippen LogP contribution is -2.41. The maximum absolute atomic E-state index is 12.3. The molecule has 3 N–H and O–H groups in total. The fourth-order valence-electron chi connectivity index (χ4n) is 1.79. The number of carbonyl (C=O) groups excluding carboxylic acids is 2. The lowest BCUT2D eigenvalue weighted by molar-refractivity contribution is -0.121. The van der Waals surface area contributed by atoms with Gasteiger partial charge < -0.3 is 20.3 Å². The molecule has 0 aliphatic heterocycles. The van der Waals surface area contributed by atoms with Crippen molar-refractivity contribution in [2.24, 2.45) is 0 Å². The summed E-state index contributed by atoms with van der Waals surface area (Å²) >= 11 is 0. The third-order valence-electron chi connectivity index (χ3n) is 2.74. The highest BCUT2D eigenvalue weighted by molar-refractivity contribution is 6.03. The number of carbonyl (C=O) groups is 3. The van der Waals surface area contributed by atoms with Gasteiger partial charge in [0.25, 0.3) is 5.91 Å². The number of imidazole rings is 1. The quantitative estimate of drug-likeness (QED) is 0.645. The second kappa shape index (κ2) is 8.03. The number of aromatic nitrogens is 2. The maximum Gasteiger partial charge on any atom is 0.354 e. The molecule has 0 aromatic carbocycles. The van der Waals surface area contributed by atoms with E-state index < -0.39 is 11.9 Å². The van der Waals surface area contributed by atoms with Crippen LogP contribution in [0.1, 0.15) is 47.7 Å². The normalized spacial score (nSPS) is 10.2. The zero-order valence-electron chi connectivity index (χ0n) is 12.2. The van der Waals surface area contributed by atoms with E-state index in [1.807, 2.05) is 13.8 Å². The number of hydrogen-bond acceptors (Lipinski definition) is 4. The summed E-state index contributed by atoms with van der Waals surface area (Å²) in [5.41, 5.74) is -0.450. The SMILES string of the molecule is CCCNC(=O)CN(CCC)C(=O)c1nc[nH]c1C(=O)O. The highest BCUT2D eigenvalue weighted by atomic mass is 16.4. The summed E-state index contributed by atoms with van der Waals surface area (Å²) in [5, 5.41) is 11.7. The Morgan fingerprint density at radius 2 is 2.05 bits per heavy atom. The third kappa shape index (κ3) is 4.59. The van der Waals surface area contributed by atoms with Crippen LogP contribution in [0.2, 0.25) is 0 Å². The smallest absolute Gasteiger partial charge is 0.354 e. The number of carboxylic acids is 1. The number of nitrogens with zero attached hydrogens (tertiary/aromatic N) is 2. The summed E-state index contributed by atoms with van der Waals surface area (Å²) in [7, 11) is 0. The predicted molar refractivity (Wildman–Crippen MR) is 75.0 cm³/mol. The van der Waals surface area contributed by atoms with Crippen LogP contribution in [0.25, 0.3) is 0 Å². The van der Waals surface area contributed by atoms with Crippen LogP contribution in [0.4, 0.5) is 0 Å². The summed E-state index contributed by atoms with van der Waals surface area (Å²) in [6.45, 7) is 4.57. The van der Waals surface area contributed by atoms with Crippen LogP contribution >= 0.6 is 0 Å². The molecule has 0 radical (unpaired) electrons. The lowest BCUT2D eigenvalue weighted by Gasteiger charge is -2.20. The van der Waals surface area contributed by atoms with Gasteiger partial charge in [-0.25, -0.2) is 9.78 Å². The largest absolute Gasteiger partial charge is 0.477 e. The van der Waals surface area contributed by atoms with E-state index >= 15 is 0 Å². The highest BCUT2D eigenvalue weighted by Crippen LogP contribution is 2.08. The minimum Gasteiger partial charge on any atom is -0.477 e. The van der Waals surface area contributed by atoms with Crippen molar-refractivity contribution in [1.29, 1.82) is 0 Å². The molecule has 116 valence electrons. The van der Waals surface area contributed by atoms with Gasteiger partial charge in [-0.2, -0.15) is 0 Å². The van der Waals surface area contributed by atoms with E-state index in [-0.39, 0.29) is 23.8 Å². The standard InChI is InChI=1S/C13H20N4O4/c1-3-5-14-9(18)7-17(6-4-2)12(19)10-11(13(20)21)16-8-15-10/h8H,3-7H2,1-2H3,(H,14,18)(H,15,16)(H,20,21). The number of nitrogens with one attached hydrogen (secondary N) is 2. The fraction of sp³-hybridized carbons (Fsp3) is 0.538. The molecular formula is C13H20N4O4. The summed E-state index contributed by atoms with van der Waals surface area (Å²) in [6, 6.07) is 0. The topological polar surface area (TPSA) is 115 Å². The molecule has 1 aromatic heterocycles. The molecule has 1 heterocycles. The Kier molecular flexibility index (Phi) is 6.38. The average Bonchev–Trinajstić information content (AvgIpc) is 2.93. The third-order valence-corrected chi connectivity index (χ3v) is 2.74. The van der Waals surface area contributed by atoms with Crippen LogP contribution in [-0.2, 0) is 4.79 Å². The van der Waals surface area contributed by atoms with Crippen LogP contribution in [0.5, 0.6) is 0 Å². The van der Waals surface area contributed by atoms with Gasteiger partial charge in [0, 0.05) is 13.1 Å². The van der Waals surface area contributed by atoms with Gasteiger partial charge in [0.1, 0.15) is 0 Å². The van der Waals surface area contributed by atoms with E-state index in [0.717, 1.165) is 12.7 Å². The van der Waals surface area contributed by atoms with Gasteiger partial charge in [-0.15, -0.1) is 0 Å². The van der Waals surface area contributed by atoms with Gasteiger partial charge in [-0.1, -0.05) is 13.8 Å². The van der Waals surface area contributed by atoms with Crippen LogP contribution in [-0.4, -0.2) is 57.4 Å².